The molecule has 0 atom stereocenters. The van der Waals surface area contributed by atoms with E-state index < -0.39 is 0 Å². The minimum absolute atomic E-state index is 0.150. The largest absolute Gasteiger partial charge is 0.497 e. The number of rotatable bonds is 5. The van der Waals surface area contributed by atoms with Crippen LogP contribution in [0.25, 0.3) is 10.9 Å². The fourth-order valence-corrected chi connectivity index (χ4v) is 2.74. The van der Waals surface area contributed by atoms with Crippen molar-refractivity contribution in [3.05, 3.63) is 70.3 Å². The summed E-state index contributed by atoms with van der Waals surface area (Å²) in [5.41, 5.74) is 1.35. The average Bonchev–Trinajstić information content (AvgIpc) is 2.63. The topological polar surface area (TPSA) is 61.2 Å². The lowest BCUT2D eigenvalue weighted by Gasteiger charge is -2.10. The molecule has 0 amide bonds. The average molecular weight is 322 g/mol. The Morgan fingerprint density at radius 1 is 1.17 bits per heavy atom. The van der Waals surface area contributed by atoms with Gasteiger partial charge in [-0.05, 0) is 36.2 Å². The van der Waals surface area contributed by atoms with Crippen LogP contribution >= 0.6 is 0 Å². The number of Topliss-reactive ketones (excluding diaryl/α,β-unsaturated/α-hetero) is 1. The highest BCUT2D eigenvalue weighted by atomic mass is 16.5. The minimum atomic E-state index is -0.367. The van der Waals surface area contributed by atoms with Gasteiger partial charge in [-0.25, -0.2) is 0 Å². The molecular weight excluding hydrogens is 304 g/mol. The summed E-state index contributed by atoms with van der Waals surface area (Å²) < 4.78 is 6.87. The van der Waals surface area contributed by atoms with Crippen LogP contribution in [-0.4, -0.2) is 22.4 Å². The zero-order valence-electron chi connectivity index (χ0n) is 13.7. The molecule has 1 heterocycles. The molecule has 0 aliphatic rings. The first-order valence-electron chi connectivity index (χ1n) is 7.72. The normalized spacial score (nSPS) is 10.8. The van der Waals surface area contributed by atoms with E-state index in [1.54, 1.807) is 30.9 Å². The van der Waals surface area contributed by atoms with Crippen molar-refractivity contribution in [1.82, 2.24) is 9.55 Å². The van der Waals surface area contributed by atoms with Crippen molar-refractivity contribution in [2.75, 3.05) is 7.11 Å². The number of aromatic nitrogens is 2. The lowest BCUT2D eigenvalue weighted by molar-refractivity contribution is 0.0969. The SMILES string of the molecule is COc1cccc(CCC(=O)c2nc(=O)c3ccccc3n2C)c1. The predicted molar refractivity (Wildman–Crippen MR) is 92.6 cm³/mol. The first-order chi connectivity index (χ1) is 11.6. The summed E-state index contributed by atoms with van der Waals surface area (Å²) in [4.78, 5) is 28.6. The molecule has 122 valence electrons. The maximum absolute atomic E-state index is 12.5. The molecule has 0 spiro atoms. The van der Waals surface area contributed by atoms with Crippen LogP contribution in [0.2, 0.25) is 0 Å². The van der Waals surface area contributed by atoms with Gasteiger partial charge in [0.05, 0.1) is 18.0 Å². The van der Waals surface area contributed by atoms with E-state index in [1.807, 2.05) is 36.4 Å². The molecule has 0 N–H and O–H groups in total. The standard InChI is InChI=1S/C19H18N2O3/c1-21-16-9-4-3-8-15(16)19(23)20-18(21)17(22)11-10-13-6-5-7-14(12-13)24-2/h3-9,12H,10-11H2,1-2H3. The molecule has 24 heavy (non-hydrogen) atoms. The monoisotopic (exact) mass is 322 g/mol. The maximum atomic E-state index is 12.5. The molecule has 0 fully saturated rings. The van der Waals surface area contributed by atoms with E-state index in [-0.39, 0.29) is 23.6 Å². The smallest absolute Gasteiger partial charge is 0.281 e. The zero-order valence-corrected chi connectivity index (χ0v) is 13.7. The van der Waals surface area contributed by atoms with Crippen LogP contribution in [0.1, 0.15) is 22.6 Å². The van der Waals surface area contributed by atoms with Crippen LogP contribution in [0.3, 0.4) is 0 Å². The molecule has 3 aromatic rings. The fraction of sp³-hybridized carbons (Fsp3) is 0.211. The summed E-state index contributed by atoms with van der Waals surface area (Å²) in [5, 5.41) is 0.518. The quantitative estimate of drug-likeness (QED) is 0.678. The highest BCUT2D eigenvalue weighted by molar-refractivity contribution is 5.95. The van der Waals surface area contributed by atoms with E-state index >= 15 is 0 Å². The van der Waals surface area contributed by atoms with Gasteiger partial charge in [-0.1, -0.05) is 24.3 Å². The summed E-state index contributed by atoms with van der Waals surface area (Å²) >= 11 is 0. The number of ether oxygens (including phenoxy) is 1. The maximum Gasteiger partial charge on any atom is 0.281 e. The lowest BCUT2D eigenvalue weighted by Crippen LogP contribution is -2.21. The Morgan fingerprint density at radius 3 is 2.75 bits per heavy atom. The molecule has 0 aliphatic carbocycles. The molecule has 2 aromatic carbocycles. The fourth-order valence-electron chi connectivity index (χ4n) is 2.74. The van der Waals surface area contributed by atoms with Crippen LogP contribution in [-0.2, 0) is 13.5 Å². The Labute approximate surface area is 139 Å². The predicted octanol–water partition coefficient (Wildman–Crippen LogP) is 2.76. The molecule has 5 heteroatoms. The van der Waals surface area contributed by atoms with Crippen LogP contribution in [0.15, 0.2) is 53.3 Å². The second-order valence-corrected chi connectivity index (χ2v) is 5.59. The minimum Gasteiger partial charge on any atom is -0.497 e. The highest BCUT2D eigenvalue weighted by Gasteiger charge is 2.15. The van der Waals surface area contributed by atoms with Gasteiger partial charge in [0.1, 0.15) is 5.75 Å². The number of carbonyl (C=O) groups excluding carboxylic acids is 1. The van der Waals surface area contributed by atoms with Gasteiger partial charge in [-0.2, -0.15) is 4.98 Å². The number of nitrogens with zero attached hydrogens (tertiary/aromatic N) is 2. The number of aryl methyl sites for hydroxylation is 2. The first-order valence-corrected chi connectivity index (χ1v) is 7.72. The summed E-state index contributed by atoms with van der Waals surface area (Å²) in [7, 11) is 3.37. The molecular formula is C19H18N2O3. The van der Waals surface area contributed by atoms with E-state index in [1.165, 1.54) is 0 Å². The number of methoxy groups -OCH3 is 1. The van der Waals surface area contributed by atoms with Gasteiger partial charge in [0.15, 0.2) is 11.6 Å². The van der Waals surface area contributed by atoms with Crippen LogP contribution in [0.5, 0.6) is 5.75 Å². The molecule has 3 rings (SSSR count). The molecule has 0 unspecified atom stereocenters. The molecule has 0 saturated heterocycles. The molecule has 0 radical (unpaired) electrons. The summed E-state index contributed by atoms with van der Waals surface area (Å²) in [6.45, 7) is 0. The number of para-hydroxylation sites is 1. The highest BCUT2D eigenvalue weighted by Crippen LogP contribution is 2.15. The van der Waals surface area contributed by atoms with Crippen molar-refractivity contribution in [2.24, 2.45) is 7.05 Å². The molecule has 0 aliphatic heterocycles. The van der Waals surface area contributed by atoms with Gasteiger partial charge in [0.25, 0.3) is 5.56 Å². The van der Waals surface area contributed by atoms with Crippen molar-refractivity contribution in [3.8, 4) is 5.75 Å². The van der Waals surface area contributed by atoms with Gasteiger partial charge in [-0.3, -0.25) is 9.59 Å². The Morgan fingerprint density at radius 2 is 1.96 bits per heavy atom. The molecule has 1 aromatic heterocycles. The number of hydrogen-bond donors (Lipinski definition) is 0. The van der Waals surface area contributed by atoms with Crippen molar-refractivity contribution in [1.29, 1.82) is 0 Å². The zero-order chi connectivity index (χ0) is 17.1. The van der Waals surface area contributed by atoms with E-state index in [9.17, 15) is 9.59 Å². The van der Waals surface area contributed by atoms with E-state index in [0.717, 1.165) is 11.3 Å². The Balaban J connectivity index is 1.86. The van der Waals surface area contributed by atoms with Crippen molar-refractivity contribution >= 4 is 16.7 Å². The molecule has 5 nitrogen and oxygen atoms in total. The third-order valence-corrected chi connectivity index (χ3v) is 4.05. The van der Waals surface area contributed by atoms with Gasteiger partial charge in [0.2, 0.25) is 0 Å². The van der Waals surface area contributed by atoms with Crippen molar-refractivity contribution in [3.63, 3.8) is 0 Å². The molecule has 0 bridgehead atoms. The first kappa shape index (κ1) is 15.9. The molecule has 0 saturated carbocycles. The van der Waals surface area contributed by atoms with Gasteiger partial charge < -0.3 is 9.30 Å². The van der Waals surface area contributed by atoms with Crippen LogP contribution < -0.4 is 10.3 Å². The number of benzene rings is 2. The number of carbonyl (C=O) groups is 1. The lowest BCUT2D eigenvalue weighted by atomic mass is 10.1. The van der Waals surface area contributed by atoms with E-state index in [2.05, 4.69) is 4.98 Å². The second kappa shape index (κ2) is 6.66. The van der Waals surface area contributed by atoms with Crippen LogP contribution in [0.4, 0.5) is 0 Å². The van der Waals surface area contributed by atoms with Gasteiger partial charge in [0, 0.05) is 13.5 Å². The van der Waals surface area contributed by atoms with Crippen LogP contribution in [0, 0.1) is 0 Å². The third-order valence-electron chi connectivity index (χ3n) is 4.05. The Kier molecular flexibility index (Phi) is 4.42. The van der Waals surface area contributed by atoms with E-state index in [0.29, 0.717) is 17.3 Å². The van der Waals surface area contributed by atoms with E-state index in [4.69, 9.17) is 4.74 Å². The summed E-state index contributed by atoms with van der Waals surface area (Å²) in [6.07, 6.45) is 0.852. The third kappa shape index (κ3) is 3.06. The van der Waals surface area contributed by atoms with Crippen molar-refractivity contribution < 1.29 is 9.53 Å². The Hall–Kier alpha value is -2.95. The van der Waals surface area contributed by atoms with Gasteiger partial charge in [-0.15, -0.1) is 0 Å². The second-order valence-electron chi connectivity index (χ2n) is 5.59. The van der Waals surface area contributed by atoms with Crippen molar-refractivity contribution in [2.45, 2.75) is 12.8 Å². The Bertz CT molecular complexity index is 960. The van der Waals surface area contributed by atoms with Gasteiger partial charge >= 0.3 is 0 Å². The summed E-state index contributed by atoms with van der Waals surface area (Å²) in [6, 6.07) is 14.8. The summed E-state index contributed by atoms with van der Waals surface area (Å²) in [5.74, 6) is 0.806. The number of ketones is 1. The number of hydrogen-bond acceptors (Lipinski definition) is 4. The number of fused-ring (bicyclic) bond motifs is 1.